The number of para-hydroxylation sites is 2. The first kappa shape index (κ1) is 26.5. The Hall–Kier alpha value is -4.07. The van der Waals surface area contributed by atoms with Crippen LogP contribution in [0.4, 0.5) is 0 Å². The predicted octanol–water partition coefficient (Wildman–Crippen LogP) is 5.37. The smallest absolute Gasteiger partial charge is 0.347 e. The van der Waals surface area contributed by atoms with E-state index in [0.29, 0.717) is 48.2 Å². The summed E-state index contributed by atoms with van der Waals surface area (Å²) in [6.45, 7) is 7.39. The number of allylic oxidation sites excluding steroid dienone is 3. The minimum Gasteiger partial charge on any atom is -0.497 e. The number of fused-ring (bicyclic) bond motifs is 1. The number of ether oxygens (including phenoxy) is 3. The van der Waals surface area contributed by atoms with E-state index in [0.717, 1.165) is 11.0 Å². The van der Waals surface area contributed by atoms with Crippen molar-refractivity contribution in [3.63, 3.8) is 0 Å². The second kappa shape index (κ2) is 11.6. The van der Waals surface area contributed by atoms with Gasteiger partial charge >= 0.3 is 5.97 Å². The maximum Gasteiger partial charge on any atom is 0.347 e. The summed E-state index contributed by atoms with van der Waals surface area (Å²) in [5.41, 5.74) is 0.780. The van der Waals surface area contributed by atoms with E-state index in [9.17, 15) is 14.7 Å². The van der Waals surface area contributed by atoms with Gasteiger partial charge in [0.25, 0.3) is 0 Å². The van der Waals surface area contributed by atoms with Gasteiger partial charge in [-0.05, 0) is 64.5 Å². The summed E-state index contributed by atoms with van der Waals surface area (Å²) in [4.78, 5) is 29.2. The molecule has 8 heteroatoms. The summed E-state index contributed by atoms with van der Waals surface area (Å²) < 4.78 is 18.6. The third-order valence-corrected chi connectivity index (χ3v) is 5.55. The second-order valence-electron chi connectivity index (χ2n) is 8.70. The molecule has 0 aliphatic heterocycles. The van der Waals surface area contributed by atoms with Crippen LogP contribution in [0.5, 0.6) is 5.75 Å². The topological polar surface area (TPSA) is 99.9 Å². The van der Waals surface area contributed by atoms with Crippen molar-refractivity contribution in [2.45, 2.75) is 46.3 Å². The van der Waals surface area contributed by atoms with Crippen molar-refractivity contribution >= 4 is 22.8 Å². The molecule has 190 valence electrons. The molecule has 0 spiro atoms. The van der Waals surface area contributed by atoms with Crippen LogP contribution < -0.4 is 4.74 Å². The van der Waals surface area contributed by atoms with Crippen LogP contribution in [0, 0.1) is 0 Å². The fraction of sp³-hybridized carbons (Fsp3) is 0.321. The number of hydrogen-bond donors (Lipinski definition) is 1. The van der Waals surface area contributed by atoms with Crippen molar-refractivity contribution in [3.8, 4) is 5.75 Å². The monoisotopic (exact) mass is 492 g/mol. The molecule has 3 aromatic rings. The fourth-order valence-electron chi connectivity index (χ4n) is 3.67. The SMILES string of the molecule is C/C=C(\C=C(/C)OC(C)(C)C(=O)O)OCCCn1c(C(=O)c2cccc(OC)c2)nc2ccccc21. The molecular weight excluding hydrogens is 460 g/mol. The quantitative estimate of drug-likeness (QED) is 0.157. The number of ketones is 1. The summed E-state index contributed by atoms with van der Waals surface area (Å²) in [5.74, 6) is 0.728. The summed E-state index contributed by atoms with van der Waals surface area (Å²) in [5, 5.41) is 9.25. The zero-order valence-electron chi connectivity index (χ0n) is 21.3. The average Bonchev–Trinajstić information content (AvgIpc) is 3.23. The van der Waals surface area contributed by atoms with E-state index in [1.807, 2.05) is 35.8 Å². The molecule has 1 heterocycles. The van der Waals surface area contributed by atoms with E-state index < -0.39 is 11.6 Å². The lowest BCUT2D eigenvalue weighted by molar-refractivity contribution is -0.156. The molecule has 0 aliphatic carbocycles. The minimum atomic E-state index is -1.34. The number of methoxy groups -OCH3 is 1. The molecule has 36 heavy (non-hydrogen) atoms. The van der Waals surface area contributed by atoms with Crippen LogP contribution in [0.3, 0.4) is 0 Å². The van der Waals surface area contributed by atoms with Gasteiger partial charge in [0.15, 0.2) is 11.4 Å². The first-order valence-corrected chi connectivity index (χ1v) is 11.7. The predicted molar refractivity (Wildman–Crippen MR) is 137 cm³/mol. The Morgan fingerprint density at radius 2 is 1.89 bits per heavy atom. The highest BCUT2D eigenvalue weighted by molar-refractivity contribution is 6.08. The van der Waals surface area contributed by atoms with Crippen LogP contribution >= 0.6 is 0 Å². The maximum atomic E-state index is 13.3. The summed E-state index contributed by atoms with van der Waals surface area (Å²) in [6.07, 6.45) is 4.06. The molecule has 2 aromatic carbocycles. The molecule has 0 amide bonds. The van der Waals surface area contributed by atoms with E-state index in [1.165, 1.54) is 13.8 Å². The van der Waals surface area contributed by atoms with Crippen LogP contribution in [-0.4, -0.2) is 45.7 Å². The highest BCUT2D eigenvalue weighted by Gasteiger charge is 2.29. The van der Waals surface area contributed by atoms with Gasteiger partial charge in [0.05, 0.1) is 30.5 Å². The van der Waals surface area contributed by atoms with Crippen LogP contribution in [0.2, 0.25) is 0 Å². The van der Waals surface area contributed by atoms with E-state index in [1.54, 1.807) is 50.5 Å². The number of benzene rings is 2. The third-order valence-electron chi connectivity index (χ3n) is 5.55. The van der Waals surface area contributed by atoms with Crippen LogP contribution in [0.15, 0.2) is 72.2 Å². The number of hydrogen-bond acceptors (Lipinski definition) is 6. The van der Waals surface area contributed by atoms with Crippen LogP contribution in [0.1, 0.15) is 50.3 Å². The number of rotatable bonds is 12. The number of aryl methyl sites for hydroxylation is 1. The van der Waals surface area contributed by atoms with E-state index in [4.69, 9.17) is 14.2 Å². The van der Waals surface area contributed by atoms with E-state index >= 15 is 0 Å². The lowest BCUT2D eigenvalue weighted by Crippen LogP contribution is -2.34. The van der Waals surface area contributed by atoms with Crippen molar-refractivity contribution in [1.82, 2.24) is 9.55 Å². The van der Waals surface area contributed by atoms with Crippen LogP contribution in [0.25, 0.3) is 11.0 Å². The van der Waals surface area contributed by atoms with Crippen molar-refractivity contribution in [1.29, 1.82) is 0 Å². The fourth-order valence-corrected chi connectivity index (χ4v) is 3.67. The first-order valence-electron chi connectivity index (χ1n) is 11.7. The molecule has 0 saturated carbocycles. The van der Waals surface area contributed by atoms with E-state index in [2.05, 4.69) is 4.98 Å². The van der Waals surface area contributed by atoms with Crippen molar-refractivity contribution < 1.29 is 28.9 Å². The Morgan fingerprint density at radius 3 is 2.58 bits per heavy atom. The normalized spacial score (nSPS) is 12.5. The van der Waals surface area contributed by atoms with Crippen molar-refractivity contribution in [2.75, 3.05) is 13.7 Å². The molecule has 8 nitrogen and oxygen atoms in total. The van der Waals surface area contributed by atoms with Gasteiger partial charge in [-0.25, -0.2) is 9.78 Å². The third kappa shape index (κ3) is 6.33. The van der Waals surface area contributed by atoms with Gasteiger partial charge in [0.1, 0.15) is 11.5 Å². The number of imidazole rings is 1. The van der Waals surface area contributed by atoms with Crippen molar-refractivity contribution in [3.05, 3.63) is 83.6 Å². The molecular formula is C28H32N2O6. The van der Waals surface area contributed by atoms with Crippen molar-refractivity contribution in [2.24, 2.45) is 0 Å². The molecule has 0 radical (unpaired) electrons. The zero-order valence-corrected chi connectivity index (χ0v) is 21.3. The van der Waals surface area contributed by atoms with Gasteiger partial charge in [0.2, 0.25) is 5.78 Å². The molecule has 0 bridgehead atoms. The van der Waals surface area contributed by atoms with Gasteiger partial charge in [-0.3, -0.25) is 4.79 Å². The maximum absolute atomic E-state index is 13.3. The molecule has 3 rings (SSSR count). The van der Waals surface area contributed by atoms with E-state index in [-0.39, 0.29) is 5.78 Å². The first-order chi connectivity index (χ1) is 17.2. The number of aromatic nitrogens is 2. The minimum absolute atomic E-state index is 0.183. The van der Waals surface area contributed by atoms with Gasteiger partial charge in [-0.1, -0.05) is 24.3 Å². The Bertz CT molecular complexity index is 1300. The molecule has 0 atom stereocenters. The molecule has 0 saturated heterocycles. The number of carbonyl (C=O) groups is 2. The van der Waals surface area contributed by atoms with Gasteiger partial charge in [-0.15, -0.1) is 0 Å². The summed E-state index contributed by atoms with van der Waals surface area (Å²) in [6, 6.07) is 14.7. The highest BCUT2D eigenvalue weighted by atomic mass is 16.5. The standard InChI is InChI=1S/C28H32N2O6/c1-6-21(17-19(2)36-28(3,4)27(32)33)35-16-10-15-30-24-14-8-7-13-23(24)29-26(30)25(31)20-11-9-12-22(18-20)34-5/h6-9,11-14,17-18H,10,15-16H2,1-5H3,(H,32,33)/b19-17+,21-6+. The number of carboxylic acid groups (broad SMARTS) is 1. The molecule has 0 unspecified atom stereocenters. The van der Waals surface area contributed by atoms with Crippen LogP contribution in [-0.2, 0) is 20.8 Å². The Kier molecular flexibility index (Phi) is 8.53. The Labute approximate surface area is 210 Å². The van der Waals surface area contributed by atoms with Gasteiger partial charge in [0, 0.05) is 18.2 Å². The lowest BCUT2D eigenvalue weighted by atomic mass is 10.1. The number of nitrogens with zero attached hydrogens (tertiary/aromatic N) is 2. The highest BCUT2D eigenvalue weighted by Crippen LogP contribution is 2.22. The zero-order chi connectivity index (χ0) is 26.3. The Balaban J connectivity index is 1.72. The van der Waals surface area contributed by atoms with Gasteiger partial charge in [-0.2, -0.15) is 0 Å². The molecule has 1 aromatic heterocycles. The summed E-state index contributed by atoms with van der Waals surface area (Å²) in [7, 11) is 1.56. The molecule has 1 N–H and O–H groups in total. The lowest BCUT2D eigenvalue weighted by Gasteiger charge is -2.22. The molecule has 0 fully saturated rings. The average molecular weight is 493 g/mol. The Morgan fingerprint density at radius 1 is 1.14 bits per heavy atom. The number of aliphatic carboxylic acids is 1. The number of carboxylic acids is 1. The molecule has 0 aliphatic rings. The number of carbonyl (C=O) groups excluding carboxylic acids is 1. The summed E-state index contributed by atoms with van der Waals surface area (Å²) >= 11 is 0. The van der Waals surface area contributed by atoms with Gasteiger partial charge < -0.3 is 23.9 Å². The largest absolute Gasteiger partial charge is 0.497 e. The second-order valence-corrected chi connectivity index (χ2v) is 8.70.